The van der Waals surface area contributed by atoms with Crippen LogP contribution in [-0.4, -0.2) is 46.8 Å². The fraction of sp³-hybridized carbons (Fsp3) is 0.333. The molecule has 0 saturated heterocycles. The highest BCUT2D eigenvalue weighted by atomic mass is 16.5. The lowest BCUT2D eigenvalue weighted by Crippen LogP contribution is -2.37. The summed E-state index contributed by atoms with van der Waals surface area (Å²) in [6.45, 7) is 0.711. The third-order valence-electron chi connectivity index (χ3n) is 3.61. The Hall–Kier alpha value is -2.62. The molecule has 0 bridgehead atoms. The second-order valence-electron chi connectivity index (χ2n) is 5.68. The van der Waals surface area contributed by atoms with Crippen LogP contribution in [0.4, 0.5) is 0 Å². The number of aryl methyl sites for hydroxylation is 1. The number of carbonyl (C=O) groups is 1. The smallest absolute Gasteiger partial charge is 0.270 e. The van der Waals surface area contributed by atoms with Crippen LogP contribution in [0.3, 0.4) is 0 Å². The number of nitriles is 1. The number of ether oxygens (including phenoxy) is 1. The first-order chi connectivity index (χ1) is 11.5. The minimum Gasteiger partial charge on any atom is -0.389 e. The lowest BCUT2D eigenvalue weighted by molar-refractivity contribution is 0.0135. The van der Waals surface area contributed by atoms with Gasteiger partial charge in [-0.15, -0.1) is 0 Å². The van der Waals surface area contributed by atoms with E-state index in [0.717, 1.165) is 5.56 Å². The maximum atomic E-state index is 12.4. The van der Waals surface area contributed by atoms with E-state index in [-0.39, 0.29) is 19.1 Å². The summed E-state index contributed by atoms with van der Waals surface area (Å²) in [6.07, 6.45) is 0.818. The average molecular weight is 327 g/mol. The summed E-state index contributed by atoms with van der Waals surface area (Å²) in [5, 5.41) is 18.9. The molecule has 2 rings (SSSR count). The average Bonchev–Trinajstić information content (AvgIpc) is 2.96. The molecule has 6 nitrogen and oxygen atoms in total. The van der Waals surface area contributed by atoms with Gasteiger partial charge < -0.3 is 19.3 Å². The van der Waals surface area contributed by atoms with Gasteiger partial charge in [0.2, 0.25) is 0 Å². The normalized spacial score (nSPS) is 11.8. The van der Waals surface area contributed by atoms with Gasteiger partial charge in [-0.05, 0) is 11.6 Å². The largest absolute Gasteiger partial charge is 0.389 e. The van der Waals surface area contributed by atoms with Crippen molar-refractivity contribution in [1.82, 2.24) is 9.47 Å². The molecule has 6 heteroatoms. The van der Waals surface area contributed by atoms with E-state index in [1.165, 1.54) is 11.0 Å². The van der Waals surface area contributed by atoms with Crippen molar-refractivity contribution in [3.8, 4) is 6.07 Å². The molecule has 1 amide bonds. The highest BCUT2D eigenvalue weighted by Crippen LogP contribution is 2.09. The van der Waals surface area contributed by atoms with Crippen LogP contribution in [-0.2, 0) is 18.4 Å². The molecule has 0 radical (unpaired) electrons. The number of aliphatic hydroxyl groups excluding tert-OH is 1. The van der Waals surface area contributed by atoms with Gasteiger partial charge in [-0.3, -0.25) is 4.79 Å². The van der Waals surface area contributed by atoms with Gasteiger partial charge in [-0.25, -0.2) is 0 Å². The number of aliphatic hydroxyl groups is 1. The standard InChI is InChI=1S/C18H21N3O3/c1-20-10-15(9-19)8-17(20)18(23)21(2)11-16(22)13-24-12-14-6-4-3-5-7-14/h3-8,10,16,22H,11-13H2,1-2H3. The highest BCUT2D eigenvalue weighted by molar-refractivity contribution is 5.93. The van der Waals surface area contributed by atoms with Crippen molar-refractivity contribution in [2.45, 2.75) is 12.7 Å². The van der Waals surface area contributed by atoms with Gasteiger partial charge in [0.25, 0.3) is 5.91 Å². The number of likely N-dealkylation sites (N-methyl/N-ethyl adjacent to an activating group) is 1. The molecule has 0 spiro atoms. The van der Waals surface area contributed by atoms with E-state index in [4.69, 9.17) is 10.00 Å². The molecule has 1 N–H and O–H groups in total. The number of hydrogen-bond acceptors (Lipinski definition) is 4. The van der Waals surface area contributed by atoms with Gasteiger partial charge in [0, 0.05) is 26.8 Å². The van der Waals surface area contributed by atoms with Crippen molar-refractivity contribution in [1.29, 1.82) is 5.26 Å². The van der Waals surface area contributed by atoms with Crippen LogP contribution in [0.1, 0.15) is 21.6 Å². The molecular weight excluding hydrogens is 306 g/mol. The van der Waals surface area contributed by atoms with E-state index in [1.807, 2.05) is 36.4 Å². The lowest BCUT2D eigenvalue weighted by Gasteiger charge is -2.21. The van der Waals surface area contributed by atoms with Crippen molar-refractivity contribution in [2.75, 3.05) is 20.2 Å². The Balaban J connectivity index is 1.82. The fourth-order valence-corrected chi connectivity index (χ4v) is 2.37. The molecule has 0 aliphatic heterocycles. The number of nitrogens with zero attached hydrogens (tertiary/aromatic N) is 3. The molecule has 0 aliphatic rings. The summed E-state index contributed by atoms with van der Waals surface area (Å²) < 4.78 is 7.08. The minimum absolute atomic E-state index is 0.142. The predicted molar refractivity (Wildman–Crippen MR) is 89.2 cm³/mol. The number of carbonyl (C=O) groups excluding carboxylic acids is 1. The number of rotatable bonds is 7. The van der Waals surface area contributed by atoms with Gasteiger partial charge in [0.1, 0.15) is 11.8 Å². The van der Waals surface area contributed by atoms with E-state index in [9.17, 15) is 9.90 Å². The summed E-state index contributed by atoms with van der Waals surface area (Å²) in [4.78, 5) is 13.8. The molecule has 0 aliphatic carbocycles. The Morgan fingerprint density at radius 3 is 2.75 bits per heavy atom. The monoisotopic (exact) mass is 327 g/mol. The van der Waals surface area contributed by atoms with Crippen molar-refractivity contribution in [3.63, 3.8) is 0 Å². The maximum Gasteiger partial charge on any atom is 0.270 e. The molecule has 1 heterocycles. The van der Waals surface area contributed by atoms with Crippen LogP contribution in [0.25, 0.3) is 0 Å². The second kappa shape index (κ2) is 8.29. The second-order valence-corrected chi connectivity index (χ2v) is 5.68. The summed E-state index contributed by atoms with van der Waals surface area (Å²) in [5.41, 5.74) is 1.87. The molecule has 126 valence electrons. The van der Waals surface area contributed by atoms with Gasteiger partial charge in [-0.2, -0.15) is 5.26 Å². The molecule has 24 heavy (non-hydrogen) atoms. The SMILES string of the molecule is CN(CC(O)COCc1ccccc1)C(=O)c1cc(C#N)cn1C. The van der Waals surface area contributed by atoms with Crippen molar-refractivity contribution in [3.05, 3.63) is 59.4 Å². The molecule has 0 saturated carbocycles. The van der Waals surface area contributed by atoms with Crippen LogP contribution >= 0.6 is 0 Å². The quantitative estimate of drug-likeness (QED) is 0.837. The van der Waals surface area contributed by atoms with E-state index >= 15 is 0 Å². The fourth-order valence-electron chi connectivity index (χ4n) is 2.37. The molecule has 1 unspecified atom stereocenters. The van der Waals surface area contributed by atoms with E-state index < -0.39 is 6.10 Å². The lowest BCUT2D eigenvalue weighted by atomic mass is 10.2. The third-order valence-corrected chi connectivity index (χ3v) is 3.61. The summed E-state index contributed by atoms with van der Waals surface area (Å²) in [7, 11) is 3.32. The zero-order chi connectivity index (χ0) is 17.5. The van der Waals surface area contributed by atoms with E-state index in [0.29, 0.717) is 17.9 Å². The Morgan fingerprint density at radius 1 is 1.42 bits per heavy atom. The molecular formula is C18H21N3O3. The van der Waals surface area contributed by atoms with Gasteiger partial charge >= 0.3 is 0 Å². The van der Waals surface area contributed by atoms with Crippen LogP contribution < -0.4 is 0 Å². The van der Waals surface area contributed by atoms with Gasteiger partial charge in [0.15, 0.2) is 0 Å². The zero-order valence-corrected chi connectivity index (χ0v) is 13.8. The first kappa shape index (κ1) is 17.7. The zero-order valence-electron chi connectivity index (χ0n) is 13.8. The van der Waals surface area contributed by atoms with Crippen LogP contribution in [0.5, 0.6) is 0 Å². The molecule has 1 aromatic heterocycles. The van der Waals surface area contributed by atoms with Crippen LogP contribution in [0, 0.1) is 11.3 Å². The van der Waals surface area contributed by atoms with Gasteiger partial charge in [-0.1, -0.05) is 30.3 Å². The first-order valence-corrected chi connectivity index (χ1v) is 7.63. The maximum absolute atomic E-state index is 12.4. The highest BCUT2D eigenvalue weighted by Gasteiger charge is 2.19. The van der Waals surface area contributed by atoms with Gasteiger partial charge in [0.05, 0.1) is 24.9 Å². The summed E-state index contributed by atoms with van der Waals surface area (Å²) >= 11 is 0. The molecule has 1 atom stereocenters. The number of amides is 1. The predicted octanol–water partition coefficient (Wildman–Crippen LogP) is 1.55. The molecule has 2 aromatic rings. The Labute approximate surface area is 141 Å². The third kappa shape index (κ3) is 4.69. The van der Waals surface area contributed by atoms with Crippen molar-refractivity contribution < 1.29 is 14.6 Å². The van der Waals surface area contributed by atoms with Crippen LogP contribution in [0.2, 0.25) is 0 Å². The molecule has 0 fully saturated rings. The van der Waals surface area contributed by atoms with Crippen LogP contribution in [0.15, 0.2) is 42.6 Å². The van der Waals surface area contributed by atoms with Crippen molar-refractivity contribution >= 4 is 5.91 Å². The minimum atomic E-state index is -0.779. The van der Waals surface area contributed by atoms with Crippen molar-refractivity contribution in [2.24, 2.45) is 7.05 Å². The Morgan fingerprint density at radius 2 is 2.12 bits per heavy atom. The van der Waals surface area contributed by atoms with E-state index in [1.54, 1.807) is 24.9 Å². The first-order valence-electron chi connectivity index (χ1n) is 7.63. The summed E-state index contributed by atoms with van der Waals surface area (Å²) in [6, 6.07) is 13.2. The number of aromatic nitrogens is 1. The summed E-state index contributed by atoms with van der Waals surface area (Å²) in [5.74, 6) is -0.249. The topological polar surface area (TPSA) is 78.5 Å². The number of benzene rings is 1. The van der Waals surface area contributed by atoms with E-state index in [2.05, 4.69) is 0 Å². The Kier molecular flexibility index (Phi) is 6.13. The molecule has 1 aromatic carbocycles. The Bertz CT molecular complexity index is 719. The number of hydrogen-bond donors (Lipinski definition) is 1.